The molecule has 1 unspecified atom stereocenters. The molecule has 2 atom stereocenters. The van der Waals surface area contributed by atoms with Gasteiger partial charge in [-0.05, 0) is 42.0 Å². The molecule has 0 spiro atoms. The molecule has 4 amide bonds. The lowest BCUT2D eigenvalue weighted by molar-refractivity contribution is -0.145. The molecule has 0 heterocycles. The lowest BCUT2D eigenvalue weighted by Gasteiger charge is -2.19. The zero-order valence-electron chi connectivity index (χ0n) is 23.9. The molecule has 6 N–H and O–H groups in total. The zero-order chi connectivity index (χ0) is 31.1. The summed E-state index contributed by atoms with van der Waals surface area (Å²) in [5, 5.41) is 9.93. The first-order valence-corrected chi connectivity index (χ1v) is 13.4. The third kappa shape index (κ3) is 12.3. The predicted molar refractivity (Wildman–Crippen MR) is 154 cm³/mol. The molecule has 0 aliphatic rings. The molecular formula is C30H38FN5O6. The van der Waals surface area contributed by atoms with Gasteiger partial charge in [0.1, 0.15) is 11.9 Å². The van der Waals surface area contributed by atoms with E-state index >= 15 is 0 Å². The lowest BCUT2D eigenvalue weighted by Crippen LogP contribution is -2.47. The number of nitrogens with two attached hydrogens (primary N) is 1. The van der Waals surface area contributed by atoms with E-state index in [0.29, 0.717) is 12.0 Å². The Labute approximate surface area is 244 Å². The average molecular weight is 584 g/mol. The molecule has 12 heteroatoms. The smallest absolute Gasteiger partial charge is 0.328 e. The van der Waals surface area contributed by atoms with E-state index in [4.69, 9.17) is 10.5 Å². The fourth-order valence-electron chi connectivity index (χ4n) is 3.82. The number of halogens is 1. The van der Waals surface area contributed by atoms with Gasteiger partial charge in [0.05, 0.1) is 26.2 Å². The highest BCUT2D eigenvalue weighted by Crippen LogP contribution is 2.11. The minimum atomic E-state index is -0.954. The number of benzene rings is 2. The molecular weight excluding hydrogens is 545 g/mol. The Morgan fingerprint density at radius 3 is 2.17 bits per heavy atom. The van der Waals surface area contributed by atoms with Gasteiger partial charge in [0.2, 0.25) is 23.6 Å². The molecule has 2 aromatic rings. The van der Waals surface area contributed by atoms with Crippen LogP contribution in [0.4, 0.5) is 4.39 Å². The van der Waals surface area contributed by atoms with E-state index in [9.17, 15) is 28.4 Å². The van der Waals surface area contributed by atoms with Gasteiger partial charge in [0.25, 0.3) is 0 Å². The van der Waals surface area contributed by atoms with Crippen LogP contribution in [-0.2, 0) is 41.6 Å². The molecule has 0 radical (unpaired) electrons. The summed E-state index contributed by atoms with van der Waals surface area (Å²) < 4.78 is 17.8. The van der Waals surface area contributed by atoms with E-state index in [1.54, 1.807) is 0 Å². The normalized spacial score (nSPS) is 12.6. The number of rotatable bonds is 15. The molecule has 226 valence electrons. The van der Waals surface area contributed by atoms with E-state index in [2.05, 4.69) is 21.3 Å². The van der Waals surface area contributed by atoms with Crippen molar-refractivity contribution < 1.29 is 33.1 Å². The molecule has 0 aromatic heterocycles. The van der Waals surface area contributed by atoms with Gasteiger partial charge in [-0.2, -0.15) is 0 Å². The average Bonchev–Trinajstić information content (AvgIpc) is 2.97. The molecule has 0 saturated carbocycles. The van der Waals surface area contributed by atoms with Crippen LogP contribution in [0.5, 0.6) is 0 Å². The van der Waals surface area contributed by atoms with Gasteiger partial charge in [-0.25, -0.2) is 9.18 Å². The molecule has 2 aromatic carbocycles. The summed E-state index contributed by atoms with van der Waals surface area (Å²) in [5.41, 5.74) is 7.50. The third-order valence-corrected chi connectivity index (χ3v) is 6.01. The highest BCUT2D eigenvalue weighted by atomic mass is 19.1. The number of amides is 4. The van der Waals surface area contributed by atoms with Gasteiger partial charge < -0.3 is 31.7 Å². The quantitative estimate of drug-likeness (QED) is 0.153. The summed E-state index contributed by atoms with van der Waals surface area (Å²) in [6.07, 6.45) is 1.91. The largest absolute Gasteiger partial charge is 0.467 e. The maximum atomic E-state index is 13.1. The van der Waals surface area contributed by atoms with Crippen molar-refractivity contribution in [3.05, 3.63) is 83.3 Å². The Hall–Kier alpha value is -4.58. The zero-order valence-corrected chi connectivity index (χ0v) is 23.9. The monoisotopic (exact) mass is 583 g/mol. The Morgan fingerprint density at radius 1 is 0.905 bits per heavy atom. The summed E-state index contributed by atoms with van der Waals surface area (Å²) in [6.45, 7) is 2.98. The van der Waals surface area contributed by atoms with Gasteiger partial charge in [0.15, 0.2) is 0 Å². The molecule has 0 fully saturated rings. The molecule has 11 nitrogen and oxygen atoms in total. The molecule has 42 heavy (non-hydrogen) atoms. The Kier molecular flexibility index (Phi) is 13.8. The second-order valence-corrected chi connectivity index (χ2v) is 10.0. The Bertz CT molecular complexity index is 1250. The lowest BCUT2D eigenvalue weighted by atomic mass is 10.0. The van der Waals surface area contributed by atoms with E-state index in [1.807, 2.05) is 44.2 Å². The van der Waals surface area contributed by atoms with Crippen molar-refractivity contribution in [1.29, 1.82) is 0 Å². The van der Waals surface area contributed by atoms with Gasteiger partial charge >= 0.3 is 5.97 Å². The number of ether oxygens (including phenoxy) is 1. The van der Waals surface area contributed by atoms with Gasteiger partial charge in [-0.15, -0.1) is 0 Å². The van der Waals surface area contributed by atoms with Crippen LogP contribution in [0, 0.1) is 11.7 Å². The second kappa shape index (κ2) is 17.3. The summed E-state index contributed by atoms with van der Waals surface area (Å²) in [7, 11) is 1.24. The highest BCUT2D eigenvalue weighted by molar-refractivity contribution is 5.97. The number of methoxy groups -OCH3 is 1. The van der Waals surface area contributed by atoms with E-state index in [1.165, 1.54) is 37.6 Å². The van der Waals surface area contributed by atoms with Crippen LogP contribution in [0.3, 0.4) is 0 Å². The van der Waals surface area contributed by atoms with Gasteiger partial charge in [-0.1, -0.05) is 56.3 Å². The highest BCUT2D eigenvalue weighted by Gasteiger charge is 2.24. The maximum absolute atomic E-state index is 13.1. The van der Waals surface area contributed by atoms with E-state index < -0.39 is 60.6 Å². The van der Waals surface area contributed by atoms with E-state index in [-0.39, 0.29) is 24.3 Å². The Balaban J connectivity index is 1.92. The first kappa shape index (κ1) is 33.6. The number of esters is 1. The van der Waals surface area contributed by atoms with E-state index in [0.717, 1.165) is 5.56 Å². The third-order valence-electron chi connectivity index (χ3n) is 6.01. The first-order chi connectivity index (χ1) is 20.0. The minimum absolute atomic E-state index is 0.106. The van der Waals surface area contributed by atoms with Crippen LogP contribution >= 0.6 is 0 Å². The van der Waals surface area contributed by atoms with Gasteiger partial charge in [0, 0.05) is 18.2 Å². The molecule has 0 aliphatic carbocycles. The number of carbonyl (C=O) groups is 5. The fraction of sp³-hybridized carbons (Fsp3) is 0.367. The van der Waals surface area contributed by atoms with Gasteiger partial charge in [-0.3, -0.25) is 19.2 Å². The predicted octanol–water partition coefficient (Wildman–Crippen LogP) is 0.875. The standard InChI is InChI=1S/C30H38FN5O6/c1-19(2)13-25(30(41)42-3)36-28(39)22(14-20-7-5-4-6-8-20)16-33-26(37)17-34-27(38)18-35-29(40)24(32)15-21-9-11-23(31)12-10-21/h4-12,16,19,24-25H,13-15,17-18,32H2,1-3H3,(H,33,37)(H,34,38)(H,35,40)(H,36,39)/t24-,25?/m1/s1. The SMILES string of the molecule is COC(=O)C(CC(C)C)NC(=O)C(=CNC(=O)CNC(=O)CNC(=O)[C@H](N)Cc1ccc(F)cc1)Cc1ccccc1. The molecule has 0 saturated heterocycles. The van der Waals surface area contributed by atoms with Crippen LogP contribution in [0.1, 0.15) is 31.4 Å². The molecule has 2 rings (SSSR count). The maximum Gasteiger partial charge on any atom is 0.328 e. The van der Waals surface area contributed by atoms with Crippen LogP contribution in [-0.4, -0.2) is 61.9 Å². The Morgan fingerprint density at radius 2 is 1.55 bits per heavy atom. The molecule has 0 aliphatic heterocycles. The fourth-order valence-corrected chi connectivity index (χ4v) is 3.82. The van der Waals surface area contributed by atoms with Crippen LogP contribution < -0.4 is 27.0 Å². The van der Waals surface area contributed by atoms with Crippen LogP contribution in [0.25, 0.3) is 0 Å². The molecule has 0 bridgehead atoms. The topological polar surface area (TPSA) is 169 Å². The summed E-state index contributed by atoms with van der Waals surface area (Å²) in [5.74, 6) is -3.26. The van der Waals surface area contributed by atoms with Crippen LogP contribution in [0.15, 0.2) is 66.4 Å². The van der Waals surface area contributed by atoms with Crippen molar-refractivity contribution in [1.82, 2.24) is 21.3 Å². The van der Waals surface area contributed by atoms with Crippen molar-refractivity contribution >= 4 is 29.6 Å². The summed E-state index contributed by atoms with van der Waals surface area (Å²) in [4.78, 5) is 62.1. The van der Waals surface area contributed by atoms with Crippen molar-refractivity contribution in [3.8, 4) is 0 Å². The summed E-state index contributed by atoms with van der Waals surface area (Å²) in [6, 6.07) is 12.8. The first-order valence-electron chi connectivity index (χ1n) is 13.4. The minimum Gasteiger partial charge on any atom is -0.467 e. The van der Waals surface area contributed by atoms with Crippen LogP contribution in [0.2, 0.25) is 0 Å². The van der Waals surface area contributed by atoms with Crippen molar-refractivity contribution in [3.63, 3.8) is 0 Å². The van der Waals surface area contributed by atoms with Crippen molar-refractivity contribution in [2.75, 3.05) is 20.2 Å². The second-order valence-electron chi connectivity index (χ2n) is 10.0. The number of hydrogen-bond acceptors (Lipinski definition) is 7. The van der Waals surface area contributed by atoms with Crippen molar-refractivity contribution in [2.45, 2.75) is 45.2 Å². The van der Waals surface area contributed by atoms with Crippen molar-refractivity contribution in [2.24, 2.45) is 11.7 Å². The summed E-state index contributed by atoms with van der Waals surface area (Å²) >= 11 is 0. The number of hydrogen-bond donors (Lipinski definition) is 5. The number of carbonyl (C=O) groups excluding carboxylic acids is 5. The number of nitrogens with one attached hydrogen (secondary N) is 4.